The molecule has 0 saturated carbocycles. The summed E-state index contributed by atoms with van der Waals surface area (Å²) in [5.41, 5.74) is 6.57. The maximum Gasteiger partial charge on any atom is 0.130 e. The van der Waals surface area contributed by atoms with Crippen molar-refractivity contribution in [3.05, 3.63) is 17.6 Å². The number of nitrogens with one attached hydrogen (secondary N) is 1. The van der Waals surface area contributed by atoms with Crippen LogP contribution in [-0.4, -0.2) is 22.6 Å². The monoisotopic (exact) mass is 222 g/mol. The molecular formula is C12H22N4. The summed E-state index contributed by atoms with van der Waals surface area (Å²) in [4.78, 5) is 8.73. The van der Waals surface area contributed by atoms with Crippen molar-refractivity contribution in [3.63, 3.8) is 0 Å². The fourth-order valence-electron chi connectivity index (χ4n) is 1.63. The average Bonchev–Trinajstić information content (AvgIpc) is 2.25. The van der Waals surface area contributed by atoms with Crippen LogP contribution in [0.3, 0.4) is 0 Å². The molecule has 0 aromatic carbocycles. The molecule has 1 unspecified atom stereocenters. The third-order valence-electron chi connectivity index (χ3n) is 2.49. The van der Waals surface area contributed by atoms with Gasteiger partial charge in [0.2, 0.25) is 0 Å². The molecule has 0 aliphatic rings. The molecule has 0 saturated heterocycles. The maximum absolute atomic E-state index is 5.49. The summed E-state index contributed by atoms with van der Waals surface area (Å²) < 4.78 is 0. The summed E-state index contributed by atoms with van der Waals surface area (Å²) >= 11 is 0. The minimum atomic E-state index is 0.405. The van der Waals surface area contributed by atoms with Crippen LogP contribution in [0.4, 0.5) is 5.82 Å². The second kappa shape index (κ2) is 6.43. The van der Waals surface area contributed by atoms with Gasteiger partial charge in [-0.3, -0.25) is 0 Å². The normalized spacial score (nSPS) is 12.5. The molecular weight excluding hydrogens is 200 g/mol. The Bertz CT molecular complexity index is 325. The number of nitrogens with zero attached hydrogens (tertiary/aromatic N) is 2. The van der Waals surface area contributed by atoms with Crippen molar-refractivity contribution >= 4 is 5.82 Å². The van der Waals surface area contributed by atoms with E-state index < -0.39 is 0 Å². The third kappa shape index (κ3) is 4.14. The molecule has 0 spiro atoms. The quantitative estimate of drug-likeness (QED) is 0.771. The first-order valence-electron chi connectivity index (χ1n) is 5.96. The number of rotatable bonds is 6. The fourth-order valence-corrected chi connectivity index (χ4v) is 1.63. The van der Waals surface area contributed by atoms with Gasteiger partial charge in [-0.2, -0.15) is 0 Å². The van der Waals surface area contributed by atoms with Crippen molar-refractivity contribution in [2.24, 2.45) is 5.73 Å². The van der Waals surface area contributed by atoms with Crippen LogP contribution in [-0.2, 0) is 6.42 Å². The van der Waals surface area contributed by atoms with Crippen molar-refractivity contribution in [1.29, 1.82) is 0 Å². The van der Waals surface area contributed by atoms with E-state index in [1.54, 1.807) is 0 Å². The Morgan fingerprint density at radius 3 is 2.81 bits per heavy atom. The SMILES string of the molecule is CCc1cc(NC(C)CCCN)nc(C)n1. The highest BCUT2D eigenvalue weighted by molar-refractivity contribution is 5.36. The molecule has 4 heteroatoms. The maximum atomic E-state index is 5.49. The lowest BCUT2D eigenvalue weighted by molar-refractivity contribution is 0.660. The third-order valence-corrected chi connectivity index (χ3v) is 2.49. The number of anilines is 1. The number of nitrogens with two attached hydrogens (primary N) is 1. The molecule has 1 aromatic heterocycles. The zero-order chi connectivity index (χ0) is 12.0. The first kappa shape index (κ1) is 12.9. The lowest BCUT2D eigenvalue weighted by Gasteiger charge is -2.14. The van der Waals surface area contributed by atoms with Crippen LogP contribution in [0.25, 0.3) is 0 Å². The predicted molar refractivity (Wildman–Crippen MR) is 67.5 cm³/mol. The summed E-state index contributed by atoms with van der Waals surface area (Å²) in [6, 6.07) is 2.42. The van der Waals surface area contributed by atoms with Crippen LogP contribution in [0.15, 0.2) is 6.07 Å². The smallest absolute Gasteiger partial charge is 0.130 e. The molecule has 1 atom stereocenters. The van der Waals surface area contributed by atoms with Crippen LogP contribution in [0, 0.1) is 6.92 Å². The topological polar surface area (TPSA) is 63.8 Å². The molecule has 4 nitrogen and oxygen atoms in total. The number of aryl methyl sites for hydroxylation is 2. The zero-order valence-electron chi connectivity index (χ0n) is 10.5. The average molecular weight is 222 g/mol. The van der Waals surface area contributed by atoms with Crippen LogP contribution >= 0.6 is 0 Å². The van der Waals surface area contributed by atoms with Gasteiger partial charge in [-0.25, -0.2) is 9.97 Å². The molecule has 16 heavy (non-hydrogen) atoms. The van der Waals surface area contributed by atoms with Crippen LogP contribution < -0.4 is 11.1 Å². The van der Waals surface area contributed by atoms with Gasteiger partial charge in [-0.15, -0.1) is 0 Å². The van der Waals surface area contributed by atoms with E-state index in [1.165, 1.54) is 0 Å². The minimum absolute atomic E-state index is 0.405. The van der Waals surface area contributed by atoms with Gasteiger partial charge < -0.3 is 11.1 Å². The summed E-state index contributed by atoms with van der Waals surface area (Å²) in [7, 11) is 0. The van der Waals surface area contributed by atoms with Crippen molar-refractivity contribution in [3.8, 4) is 0 Å². The number of hydrogen-bond donors (Lipinski definition) is 2. The summed E-state index contributed by atoms with van der Waals surface area (Å²) in [6.45, 7) is 6.92. The Kier molecular flexibility index (Phi) is 5.19. The first-order chi connectivity index (χ1) is 7.65. The van der Waals surface area contributed by atoms with Crippen LogP contribution in [0.1, 0.15) is 38.2 Å². The molecule has 0 radical (unpaired) electrons. The van der Waals surface area contributed by atoms with E-state index >= 15 is 0 Å². The molecule has 0 fully saturated rings. The predicted octanol–water partition coefficient (Wildman–Crippen LogP) is 1.89. The van der Waals surface area contributed by atoms with Gasteiger partial charge in [0.05, 0.1) is 0 Å². The van der Waals surface area contributed by atoms with E-state index in [2.05, 4.69) is 29.1 Å². The Labute approximate surface area is 97.7 Å². The van der Waals surface area contributed by atoms with Gasteiger partial charge in [0, 0.05) is 17.8 Å². The molecule has 90 valence electrons. The summed E-state index contributed by atoms with van der Waals surface area (Å²) in [6.07, 6.45) is 3.05. The Morgan fingerprint density at radius 1 is 1.44 bits per heavy atom. The molecule has 1 aromatic rings. The Hall–Kier alpha value is -1.16. The second-order valence-corrected chi connectivity index (χ2v) is 4.12. The zero-order valence-corrected chi connectivity index (χ0v) is 10.5. The second-order valence-electron chi connectivity index (χ2n) is 4.12. The molecule has 1 rings (SSSR count). The minimum Gasteiger partial charge on any atom is -0.368 e. The highest BCUT2D eigenvalue weighted by Gasteiger charge is 2.04. The van der Waals surface area contributed by atoms with E-state index in [4.69, 9.17) is 5.73 Å². The first-order valence-corrected chi connectivity index (χ1v) is 5.96. The molecule has 0 bridgehead atoms. The largest absolute Gasteiger partial charge is 0.368 e. The van der Waals surface area contributed by atoms with E-state index in [-0.39, 0.29) is 0 Å². The van der Waals surface area contributed by atoms with Gasteiger partial charge in [0.1, 0.15) is 11.6 Å². The van der Waals surface area contributed by atoms with Gasteiger partial charge in [-0.05, 0) is 39.7 Å². The number of hydrogen-bond acceptors (Lipinski definition) is 4. The lowest BCUT2D eigenvalue weighted by atomic mass is 10.2. The van der Waals surface area contributed by atoms with E-state index in [0.29, 0.717) is 6.04 Å². The van der Waals surface area contributed by atoms with E-state index in [0.717, 1.165) is 43.1 Å². The summed E-state index contributed by atoms with van der Waals surface area (Å²) in [5.74, 6) is 1.75. The lowest BCUT2D eigenvalue weighted by Crippen LogP contribution is -2.18. The van der Waals surface area contributed by atoms with Crippen molar-refractivity contribution in [2.45, 2.75) is 46.1 Å². The molecule has 1 heterocycles. The van der Waals surface area contributed by atoms with E-state index in [1.807, 2.05) is 13.0 Å². The molecule has 0 aliphatic heterocycles. The molecule has 3 N–H and O–H groups in total. The van der Waals surface area contributed by atoms with Crippen LogP contribution in [0.2, 0.25) is 0 Å². The van der Waals surface area contributed by atoms with Crippen molar-refractivity contribution < 1.29 is 0 Å². The number of aromatic nitrogens is 2. The summed E-state index contributed by atoms with van der Waals surface area (Å²) in [5, 5.41) is 3.39. The van der Waals surface area contributed by atoms with Crippen LogP contribution in [0.5, 0.6) is 0 Å². The Morgan fingerprint density at radius 2 is 2.19 bits per heavy atom. The van der Waals surface area contributed by atoms with Gasteiger partial charge in [0.25, 0.3) is 0 Å². The van der Waals surface area contributed by atoms with Gasteiger partial charge >= 0.3 is 0 Å². The van der Waals surface area contributed by atoms with Gasteiger partial charge in [0.15, 0.2) is 0 Å². The van der Waals surface area contributed by atoms with E-state index in [9.17, 15) is 0 Å². The van der Waals surface area contributed by atoms with Gasteiger partial charge in [-0.1, -0.05) is 6.92 Å². The van der Waals surface area contributed by atoms with Crippen molar-refractivity contribution in [2.75, 3.05) is 11.9 Å². The standard InChI is InChI=1S/C12H22N4/c1-4-11-8-12(16-10(3)15-11)14-9(2)6-5-7-13/h8-9H,4-7,13H2,1-3H3,(H,14,15,16). The highest BCUT2D eigenvalue weighted by atomic mass is 15.0. The molecule has 0 aliphatic carbocycles. The Balaban J connectivity index is 2.61. The highest BCUT2D eigenvalue weighted by Crippen LogP contribution is 2.10. The van der Waals surface area contributed by atoms with Crippen molar-refractivity contribution in [1.82, 2.24) is 9.97 Å². The molecule has 0 amide bonds. The fraction of sp³-hybridized carbons (Fsp3) is 0.667.